The fourth-order valence-electron chi connectivity index (χ4n) is 5.66. The molecule has 2 heterocycles. The second kappa shape index (κ2) is 12.4. The summed E-state index contributed by atoms with van der Waals surface area (Å²) in [5.41, 5.74) is 2.51. The smallest absolute Gasteiger partial charge is 0.495 e. The first-order chi connectivity index (χ1) is 20.4. The number of benzene rings is 2. The predicted octanol–water partition coefficient (Wildman–Crippen LogP) is 5.87. The SMILES string of the molecule is COc1cc(CC[P+](=O)O)ccc1Nc1nc(Nc2ccc(C3CCC(O)CC3)c3c2C(=O)N(C)C3)ncc1C(F)(F)F. The Hall–Kier alpha value is -3.80. The number of aromatic nitrogens is 2. The number of carbonyl (C=O) groups excluding carboxylic acids is 1. The first-order valence-corrected chi connectivity index (χ1v) is 15.2. The summed E-state index contributed by atoms with van der Waals surface area (Å²) in [5.74, 6) is -0.445. The number of alkyl halides is 3. The molecule has 1 saturated carbocycles. The third kappa shape index (κ3) is 6.74. The Morgan fingerprint density at radius 1 is 1.12 bits per heavy atom. The van der Waals surface area contributed by atoms with Crippen molar-refractivity contribution in [2.75, 3.05) is 31.0 Å². The molecule has 10 nitrogen and oxygen atoms in total. The number of carbonyl (C=O) groups is 1. The van der Waals surface area contributed by atoms with Crippen LogP contribution in [-0.2, 0) is 23.7 Å². The summed E-state index contributed by atoms with van der Waals surface area (Å²) >= 11 is 0. The maximum Gasteiger partial charge on any atom is 0.505 e. The van der Waals surface area contributed by atoms with Gasteiger partial charge in [-0.15, -0.1) is 0 Å². The van der Waals surface area contributed by atoms with Crippen molar-refractivity contribution < 1.29 is 37.3 Å². The molecule has 1 aromatic heterocycles. The van der Waals surface area contributed by atoms with E-state index in [0.717, 1.165) is 24.0 Å². The van der Waals surface area contributed by atoms with Gasteiger partial charge in [-0.1, -0.05) is 12.1 Å². The van der Waals surface area contributed by atoms with Gasteiger partial charge in [0.15, 0.2) is 6.16 Å². The number of hydrogen-bond acceptors (Lipinski definition) is 8. The second-order valence-corrected chi connectivity index (χ2v) is 11.9. The van der Waals surface area contributed by atoms with Crippen LogP contribution in [0.5, 0.6) is 5.75 Å². The number of aryl methyl sites for hydroxylation is 1. The predicted molar refractivity (Wildman–Crippen MR) is 154 cm³/mol. The second-order valence-electron chi connectivity index (χ2n) is 10.8. The Morgan fingerprint density at radius 3 is 2.51 bits per heavy atom. The molecule has 0 spiro atoms. The lowest BCUT2D eigenvalue weighted by Crippen LogP contribution is -2.18. The summed E-state index contributed by atoms with van der Waals surface area (Å²) in [6.45, 7) is 0.406. The van der Waals surface area contributed by atoms with E-state index in [1.54, 1.807) is 30.1 Å². The molecule has 2 aromatic carbocycles. The van der Waals surface area contributed by atoms with E-state index in [9.17, 15) is 27.6 Å². The molecule has 3 aromatic rings. The molecule has 1 unspecified atom stereocenters. The minimum Gasteiger partial charge on any atom is -0.495 e. The molecule has 0 radical (unpaired) electrons. The Morgan fingerprint density at radius 2 is 1.84 bits per heavy atom. The monoisotopic (exact) mass is 618 g/mol. The van der Waals surface area contributed by atoms with Crippen molar-refractivity contribution in [3.05, 3.63) is 64.3 Å². The summed E-state index contributed by atoms with van der Waals surface area (Å²) in [5, 5.41) is 15.6. The Bertz CT molecular complexity index is 1550. The number of methoxy groups -OCH3 is 1. The largest absolute Gasteiger partial charge is 0.505 e. The third-order valence-electron chi connectivity index (χ3n) is 7.89. The van der Waals surface area contributed by atoms with Crippen molar-refractivity contribution in [2.45, 2.75) is 56.8 Å². The van der Waals surface area contributed by atoms with Gasteiger partial charge in [-0.3, -0.25) is 4.79 Å². The topological polar surface area (TPSA) is 137 Å². The highest BCUT2D eigenvalue weighted by Gasteiger charge is 2.36. The van der Waals surface area contributed by atoms with E-state index >= 15 is 0 Å². The number of halogens is 3. The maximum atomic E-state index is 14.0. The maximum absolute atomic E-state index is 14.0. The number of anilines is 4. The average Bonchev–Trinajstić information content (AvgIpc) is 3.26. The van der Waals surface area contributed by atoms with Gasteiger partial charge in [0.05, 0.1) is 30.2 Å². The van der Waals surface area contributed by atoms with Crippen LogP contribution in [0.3, 0.4) is 0 Å². The lowest BCUT2D eigenvalue weighted by molar-refractivity contribution is -0.137. The van der Waals surface area contributed by atoms with E-state index in [1.165, 1.54) is 13.2 Å². The zero-order valence-electron chi connectivity index (χ0n) is 23.6. The summed E-state index contributed by atoms with van der Waals surface area (Å²) in [6.07, 6.45) is -1.09. The van der Waals surface area contributed by atoms with Gasteiger partial charge < -0.3 is 25.4 Å². The fourth-order valence-corrected chi connectivity index (χ4v) is 6.11. The number of rotatable bonds is 9. The van der Waals surface area contributed by atoms with Crippen molar-refractivity contribution in [3.8, 4) is 5.75 Å². The van der Waals surface area contributed by atoms with Gasteiger partial charge in [-0.2, -0.15) is 23.0 Å². The van der Waals surface area contributed by atoms with Crippen LogP contribution < -0.4 is 15.4 Å². The number of fused-ring (bicyclic) bond motifs is 1. The van der Waals surface area contributed by atoms with E-state index in [1.807, 2.05) is 6.07 Å². The van der Waals surface area contributed by atoms with Gasteiger partial charge in [-0.05, 0) is 71.1 Å². The van der Waals surface area contributed by atoms with Crippen molar-refractivity contribution in [3.63, 3.8) is 0 Å². The standard InChI is InChI=1S/C29H31F3N5O5P/c1-37-15-20-19(17-4-6-18(38)7-5-17)8-10-23(25(20)27(37)39)35-28-33-14-21(29(30,31)32)26(36-28)34-22-9-3-16(11-12-43(40)41)13-24(22)42-2/h3,8-10,13-14,17-18,38H,4-7,11-12,15H2,1-2H3,(H2-,33,34,35,36,39,40,41)/p+1. The minimum atomic E-state index is -4.77. The first kappa shape index (κ1) is 30.7. The van der Waals surface area contributed by atoms with Gasteiger partial charge in [0.25, 0.3) is 5.91 Å². The molecular weight excluding hydrogens is 586 g/mol. The first-order valence-electron chi connectivity index (χ1n) is 13.8. The van der Waals surface area contributed by atoms with Gasteiger partial charge in [-0.25, -0.2) is 4.98 Å². The number of nitrogens with zero attached hydrogens (tertiary/aromatic N) is 3. The van der Waals surface area contributed by atoms with E-state index in [-0.39, 0.29) is 47.9 Å². The summed E-state index contributed by atoms with van der Waals surface area (Å²) in [7, 11) is 0.727. The Labute approximate surface area is 247 Å². The van der Waals surface area contributed by atoms with Gasteiger partial charge in [0, 0.05) is 26.2 Å². The van der Waals surface area contributed by atoms with E-state index in [2.05, 4.69) is 20.6 Å². The van der Waals surface area contributed by atoms with Crippen LogP contribution in [-0.4, -0.2) is 57.2 Å². The van der Waals surface area contributed by atoms with Crippen LogP contribution >= 0.6 is 8.03 Å². The number of aliphatic hydroxyl groups is 1. The molecule has 1 atom stereocenters. The Kier molecular flexibility index (Phi) is 8.86. The third-order valence-corrected chi connectivity index (χ3v) is 8.50. The van der Waals surface area contributed by atoms with Crippen LogP contribution in [0.25, 0.3) is 0 Å². The van der Waals surface area contributed by atoms with Gasteiger partial charge in [0.2, 0.25) is 5.95 Å². The molecule has 1 aliphatic carbocycles. The molecule has 5 rings (SSSR count). The van der Waals surface area contributed by atoms with Crippen LogP contribution in [0.1, 0.15) is 64.2 Å². The zero-order valence-corrected chi connectivity index (χ0v) is 24.5. The number of hydrogen-bond donors (Lipinski definition) is 4. The van der Waals surface area contributed by atoms with Crippen LogP contribution in [0.4, 0.5) is 36.3 Å². The molecule has 4 N–H and O–H groups in total. The molecule has 0 saturated heterocycles. The van der Waals surface area contributed by atoms with Crippen LogP contribution in [0.2, 0.25) is 0 Å². The molecule has 0 bridgehead atoms. The molecule has 228 valence electrons. The molecular formula is C29H32F3N5O5P+. The zero-order chi connectivity index (χ0) is 30.9. The quantitative estimate of drug-likeness (QED) is 0.217. The van der Waals surface area contributed by atoms with E-state index < -0.39 is 25.6 Å². The molecule has 43 heavy (non-hydrogen) atoms. The van der Waals surface area contributed by atoms with Crippen LogP contribution in [0, 0.1) is 0 Å². The van der Waals surface area contributed by atoms with Gasteiger partial charge >= 0.3 is 14.2 Å². The number of ether oxygens (including phenoxy) is 1. The van der Waals surface area contributed by atoms with Crippen molar-refractivity contribution in [1.29, 1.82) is 0 Å². The molecule has 1 fully saturated rings. The number of amides is 1. The van der Waals surface area contributed by atoms with Crippen molar-refractivity contribution in [2.24, 2.45) is 0 Å². The molecule has 1 amide bonds. The highest BCUT2D eigenvalue weighted by atomic mass is 31.1. The lowest BCUT2D eigenvalue weighted by Gasteiger charge is -2.27. The van der Waals surface area contributed by atoms with E-state index in [4.69, 9.17) is 9.63 Å². The Balaban J connectivity index is 1.47. The molecule has 14 heteroatoms. The van der Waals surface area contributed by atoms with Crippen LogP contribution in [0.15, 0.2) is 36.5 Å². The number of aliphatic hydroxyl groups excluding tert-OH is 1. The molecule has 2 aliphatic rings. The highest BCUT2D eigenvalue weighted by molar-refractivity contribution is 7.37. The summed E-state index contributed by atoms with van der Waals surface area (Å²) < 4.78 is 58.3. The minimum absolute atomic E-state index is 0.0389. The summed E-state index contributed by atoms with van der Waals surface area (Å²) in [6, 6.07) is 8.37. The van der Waals surface area contributed by atoms with Crippen molar-refractivity contribution >= 4 is 37.1 Å². The molecule has 1 aliphatic heterocycles. The van der Waals surface area contributed by atoms with E-state index in [0.29, 0.717) is 42.4 Å². The van der Waals surface area contributed by atoms with Gasteiger partial charge in [0.1, 0.15) is 17.1 Å². The normalized spacial score (nSPS) is 18.8. The lowest BCUT2D eigenvalue weighted by atomic mass is 9.80. The number of nitrogens with one attached hydrogen (secondary N) is 2. The fraction of sp³-hybridized carbons (Fsp3) is 0.414. The van der Waals surface area contributed by atoms with Crippen molar-refractivity contribution in [1.82, 2.24) is 14.9 Å². The summed E-state index contributed by atoms with van der Waals surface area (Å²) in [4.78, 5) is 31.9. The highest BCUT2D eigenvalue weighted by Crippen LogP contribution is 2.42. The average molecular weight is 619 g/mol.